The van der Waals surface area contributed by atoms with Gasteiger partial charge in [-0.05, 0) is 32.2 Å². The van der Waals surface area contributed by atoms with E-state index in [1.54, 1.807) is 11.3 Å². The minimum Gasteiger partial charge on any atom is -0.381 e. The van der Waals surface area contributed by atoms with E-state index < -0.39 is 0 Å². The monoisotopic (exact) mass is 240 g/mol. The summed E-state index contributed by atoms with van der Waals surface area (Å²) < 4.78 is 5.42. The minimum absolute atomic E-state index is 0.416. The lowest BCUT2D eigenvalue weighted by atomic mass is 9.90. The van der Waals surface area contributed by atoms with Crippen LogP contribution in [-0.2, 0) is 4.74 Å². The lowest BCUT2D eigenvalue weighted by Gasteiger charge is -2.29. The van der Waals surface area contributed by atoms with Crippen molar-refractivity contribution in [3.8, 4) is 0 Å². The Morgan fingerprint density at radius 3 is 2.88 bits per heavy atom. The molecule has 90 valence electrons. The summed E-state index contributed by atoms with van der Waals surface area (Å²) in [5.74, 6) is 0.676. The molecule has 1 fully saturated rings. The fraction of sp³-hybridized carbons (Fsp3) is 0.750. The van der Waals surface area contributed by atoms with Crippen molar-refractivity contribution in [3.63, 3.8) is 0 Å². The van der Waals surface area contributed by atoms with Crippen molar-refractivity contribution in [1.29, 1.82) is 0 Å². The van der Waals surface area contributed by atoms with Gasteiger partial charge in [0.05, 0.1) is 16.7 Å². The molecule has 1 aromatic heterocycles. The van der Waals surface area contributed by atoms with Crippen LogP contribution in [0, 0.1) is 12.8 Å². The number of ether oxygens (including phenoxy) is 1. The number of thiazole rings is 1. The van der Waals surface area contributed by atoms with E-state index in [0.29, 0.717) is 12.0 Å². The smallest absolute Gasteiger partial charge is 0.0898 e. The molecule has 0 aliphatic carbocycles. The van der Waals surface area contributed by atoms with Crippen LogP contribution in [0.5, 0.6) is 0 Å². The zero-order valence-electron chi connectivity index (χ0n) is 10.0. The molecular formula is C12H20N2OS. The van der Waals surface area contributed by atoms with Crippen LogP contribution >= 0.6 is 11.3 Å². The maximum atomic E-state index is 5.42. The van der Waals surface area contributed by atoms with Gasteiger partial charge in [-0.1, -0.05) is 6.92 Å². The topological polar surface area (TPSA) is 34.2 Å². The summed E-state index contributed by atoms with van der Waals surface area (Å²) in [6.07, 6.45) is 2.29. The summed E-state index contributed by atoms with van der Waals surface area (Å²) in [6, 6.07) is 0.416. The van der Waals surface area contributed by atoms with Gasteiger partial charge < -0.3 is 10.1 Å². The first-order valence-electron chi connectivity index (χ1n) is 6.04. The van der Waals surface area contributed by atoms with Gasteiger partial charge in [-0.25, -0.2) is 4.98 Å². The quantitative estimate of drug-likeness (QED) is 0.878. The summed E-state index contributed by atoms with van der Waals surface area (Å²) in [5, 5.41) is 6.92. The molecule has 3 nitrogen and oxygen atoms in total. The third-order valence-electron chi connectivity index (χ3n) is 3.12. The van der Waals surface area contributed by atoms with Crippen LogP contribution in [0.15, 0.2) is 5.38 Å². The second kappa shape index (κ2) is 5.75. The lowest BCUT2D eigenvalue weighted by Crippen LogP contribution is -2.32. The van der Waals surface area contributed by atoms with E-state index in [0.717, 1.165) is 37.6 Å². The van der Waals surface area contributed by atoms with E-state index in [2.05, 4.69) is 29.5 Å². The normalized spacial score (nSPS) is 19.9. The number of nitrogens with one attached hydrogen (secondary N) is 1. The second-order valence-corrected chi connectivity index (χ2v) is 5.34. The van der Waals surface area contributed by atoms with Gasteiger partial charge in [0.15, 0.2) is 0 Å². The standard InChI is InChI=1S/C12H20N2OS/c1-3-13-12(10-4-6-15-7-5-10)11-8-16-9(2)14-11/h8,10,12-13H,3-7H2,1-2H3. The van der Waals surface area contributed by atoms with Crippen LogP contribution in [0.1, 0.15) is 36.5 Å². The SMILES string of the molecule is CCNC(c1csc(C)n1)C1CCOCC1. The molecule has 1 unspecified atom stereocenters. The van der Waals surface area contributed by atoms with Crippen LogP contribution < -0.4 is 5.32 Å². The Labute approximate surface area is 101 Å². The maximum Gasteiger partial charge on any atom is 0.0898 e. The predicted octanol–water partition coefficient (Wildman–Crippen LogP) is 2.53. The van der Waals surface area contributed by atoms with E-state index in [4.69, 9.17) is 4.74 Å². The molecule has 0 amide bonds. The van der Waals surface area contributed by atoms with Gasteiger partial charge in [0.2, 0.25) is 0 Å². The third-order valence-corrected chi connectivity index (χ3v) is 3.91. The zero-order valence-corrected chi connectivity index (χ0v) is 10.8. The highest BCUT2D eigenvalue weighted by molar-refractivity contribution is 7.09. The fourth-order valence-electron chi connectivity index (χ4n) is 2.30. The van der Waals surface area contributed by atoms with Gasteiger partial charge in [-0.3, -0.25) is 0 Å². The van der Waals surface area contributed by atoms with Crippen molar-refractivity contribution in [2.24, 2.45) is 5.92 Å². The molecular weight excluding hydrogens is 220 g/mol. The van der Waals surface area contributed by atoms with Gasteiger partial charge >= 0.3 is 0 Å². The summed E-state index contributed by atoms with van der Waals surface area (Å²) in [5.41, 5.74) is 1.22. The number of hydrogen-bond donors (Lipinski definition) is 1. The fourth-order valence-corrected chi connectivity index (χ4v) is 2.95. The molecule has 1 aromatic rings. The van der Waals surface area contributed by atoms with Gasteiger partial charge in [-0.15, -0.1) is 11.3 Å². The molecule has 0 bridgehead atoms. The highest BCUT2D eigenvalue weighted by Crippen LogP contribution is 2.30. The summed E-state index contributed by atoms with van der Waals surface area (Å²) in [6.45, 7) is 7.02. The maximum absolute atomic E-state index is 5.42. The Bertz CT molecular complexity index is 321. The molecule has 0 saturated carbocycles. The highest BCUT2D eigenvalue weighted by atomic mass is 32.1. The van der Waals surface area contributed by atoms with Crippen LogP contribution in [-0.4, -0.2) is 24.7 Å². The second-order valence-electron chi connectivity index (χ2n) is 4.28. The Balaban J connectivity index is 2.09. The Hall–Kier alpha value is -0.450. The van der Waals surface area contributed by atoms with Crippen LogP contribution in [0.4, 0.5) is 0 Å². The van der Waals surface area contributed by atoms with Crippen LogP contribution in [0.25, 0.3) is 0 Å². The molecule has 1 atom stereocenters. The number of rotatable bonds is 4. The lowest BCUT2D eigenvalue weighted by molar-refractivity contribution is 0.0533. The molecule has 2 heterocycles. The summed E-state index contributed by atoms with van der Waals surface area (Å²) in [4.78, 5) is 4.62. The van der Waals surface area contributed by atoms with Gasteiger partial charge in [0.25, 0.3) is 0 Å². The van der Waals surface area contributed by atoms with Crippen molar-refractivity contribution in [3.05, 3.63) is 16.1 Å². The first-order chi connectivity index (χ1) is 7.81. The largest absolute Gasteiger partial charge is 0.381 e. The molecule has 1 aliphatic rings. The molecule has 0 aromatic carbocycles. The zero-order chi connectivity index (χ0) is 11.4. The Morgan fingerprint density at radius 1 is 1.56 bits per heavy atom. The average molecular weight is 240 g/mol. The van der Waals surface area contributed by atoms with E-state index in [1.807, 2.05) is 0 Å². The molecule has 16 heavy (non-hydrogen) atoms. The van der Waals surface area contributed by atoms with Crippen molar-refractivity contribution >= 4 is 11.3 Å². The van der Waals surface area contributed by atoms with Crippen molar-refractivity contribution < 1.29 is 4.74 Å². The van der Waals surface area contributed by atoms with Crippen molar-refractivity contribution in [2.45, 2.75) is 32.7 Å². The highest BCUT2D eigenvalue weighted by Gasteiger charge is 2.26. The molecule has 1 N–H and O–H groups in total. The number of aryl methyl sites for hydroxylation is 1. The average Bonchev–Trinajstić information content (AvgIpc) is 2.74. The van der Waals surface area contributed by atoms with E-state index in [9.17, 15) is 0 Å². The molecule has 0 spiro atoms. The molecule has 0 radical (unpaired) electrons. The van der Waals surface area contributed by atoms with Gasteiger partial charge in [-0.2, -0.15) is 0 Å². The summed E-state index contributed by atoms with van der Waals surface area (Å²) >= 11 is 1.74. The van der Waals surface area contributed by atoms with E-state index in [-0.39, 0.29) is 0 Å². The van der Waals surface area contributed by atoms with Crippen LogP contribution in [0.2, 0.25) is 0 Å². The van der Waals surface area contributed by atoms with E-state index >= 15 is 0 Å². The molecule has 4 heteroatoms. The minimum atomic E-state index is 0.416. The first kappa shape index (κ1) is 12.0. The first-order valence-corrected chi connectivity index (χ1v) is 6.92. The van der Waals surface area contributed by atoms with E-state index in [1.165, 1.54) is 5.69 Å². The van der Waals surface area contributed by atoms with Crippen LogP contribution in [0.3, 0.4) is 0 Å². The molecule has 1 aliphatic heterocycles. The molecule has 1 saturated heterocycles. The number of nitrogens with zero attached hydrogens (tertiary/aromatic N) is 1. The number of aromatic nitrogens is 1. The van der Waals surface area contributed by atoms with Gasteiger partial charge in [0.1, 0.15) is 0 Å². The molecule has 2 rings (SSSR count). The van der Waals surface area contributed by atoms with Gasteiger partial charge in [0, 0.05) is 18.6 Å². The summed E-state index contributed by atoms with van der Waals surface area (Å²) in [7, 11) is 0. The Kier molecular flexibility index (Phi) is 4.32. The third kappa shape index (κ3) is 2.81. The number of hydrogen-bond acceptors (Lipinski definition) is 4. The van der Waals surface area contributed by atoms with Crippen molar-refractivity contribution in [1.82, 2.24) is 10.3 Å². The van der Waals surface area contributed by atoms with Crippen molar-refractivity contribution in [2.75, 3.05) is 19.8 Å². The predicted molar refractivity (Wildman–Crippen MR) is 66.8 cm³/mol. The Morgan fingerprint density at radius 2 is 2.31 bits per heavy atom.